The fourth-order valence-corrected chi connectivity index (χ4v) is 0.400. The molecular formula is C8H25N3. The molecule has 0 spiro atoms. The molecule has 3 heteroatoms. The quantitative estimate of drug-likeness (QED) is 0.682. The molecule has 0 saturated carbocycles. The first-order valence-corrected chi connectivity index (χ1v) is 3.92. The van der Waals surface area contributed by atoms with Crippen LogP contribution in [-0.2, 0) is 0 Å². The smallest absolute Gasteiger partial charge is 0.0103 e. The third kappa shape index (κ3) is 25.8. The molecule has 0 heterocycles. The Balaban J connectivity index is -0.000000196. The molecule has 0 aliphatic carbocycles. The lowest BCUT2D eigenvalue weighted by atomic mass is 10.5. The summed E-state index contributed by atoms with van der Waals surface area (Å²) in [5, 5.41) is 0. The Kier molecular flexibility index (Phi) is 19.5. The van der Waals surface area contributed by atoms with E-state index in [9.17, 15) is 0 Å². The van der Waals surface area contributed by atoms with Crippen LogP contribution in [0.15, 0.2) is 0 Å². The van der Waals surface area contributed by atoms with E-state index in [1.807, 2.05) is 13.8 Å². The summed E-state index contributed by atoms with van der Waals surface area (Å²) in [6, 6.07) is 0. The van der Waals surface area contributed by atoms with Gasteiger partial charge in [-0.3, -0.25) is 0 Å². The Morgan fingerprint density at radius 2 is 0.909 bits per heavy atom. The molecule has 0 radical (unpaired) electrons. The second-order valence-corrected chi connectivity index (χ2v) is 2.61. The van der Waals surface area contributed by atoms with Crippen LogP contribution in [0.4, 0.5) is 0 Å². The highest BCUT2D eigenvalue weighted by Crippen LogP contribution is 1.76. The molecule has 0 aliphatic heterocycles. The number of hydrogen-bond donors (Lipinski definition) is 1. The van der Waals surface area contributed by atoms with E-state index in [0.717, 1.165) is 13.1 Å². The van der Waals surface area contributed by atoms with E-state index in [0.29, 0.717) is 0 Å². The average molecular weight is 163 g/mol. The molecule has 0 atom stereocenters. The van der Waals surface area contributed by atoms with Crippen molar-refractivity contribution in [3.8, 4) is 0 Å². The molecule has 0 bridgehead atoms. The molecule has 0 aliphatic rings. The summed E-state index contributed by atoms with van der Waals surface area (Å²) in [6.45, 7) is 6.29. The molecule has 0 rings (SSSR count). The normalized spacial score (nSPS) is 8.73. The van der Waals surface area contributed by atoms with Crippen molar-refractivity contribution in [1.29, 1.82) is 0 Å². The number of nitrogens with zero attached hydrogens (tertiary/aromatic N) is 2. The summed E-state index contributed by atoms with van der Waals surface area (Å²) in [4.78, 5) is 4.36. The summed E-state index contributed by atoms with van der Waals surface area (Å²) in [6.07, 6.45) is 0. The fraction of sp³-hybridized carbons (Fsp3) is 1.00. The van der Waals surface area contributed by atoms with Crippen LogP contribution in [0.2, 0.25) is 0 Å². The Morgan fingerprint density at radius 1 is 0.727 bits per heavy atom. The van der Waals surface area contributed by atoms with Gasteiger partial charge in [0.1, 0.15) is 0 Å². The fourth-order valence-electron chi connectivity index (χ4n) is 0.400. The van der Waals surface area contributed by atoms with Crippen LogP contribution >= 0.6 is 0 Å². The zero-order valence-corrected chi connectivity index (χ0v) is 9.02. The predicted octanol–water partition coefficient (Wildman–Crippen LogP) is 1.30. The number of likely N-dealkylation sites (N-methyl/N-ethyl adjacent to an activating group) is 2. The second kappa shape index (κ2) is 12.5. The number of hydrogen-bond acceptors (Lipinski definition) is 3. The first-order valence-electron chi connectivity index (χ1n) is 3.92. The van der Waals surface area contributed by atoms with Crippen molar-refractivity contribution in [1.82, 2.24) is 16.0 Å². The summed E-state index contributed by atoms with van der Waals surface area (Å²) >= 11 is 0. The molecule has 0 fully saturated rings. The summed E-state index contributed by atoms with van der Waals surface area (Å²) in [5.41, 5.74) is 0. The van der Waals surface area contributed by atoms with E-state index in [-0.39, 0.29) is 6.15 Å². The monoisotopic (exact) mass is 163 g/mol. The van der Waals surface area contributed by atoms with Gasteiger partial charge < -0.3 is 16.0 Å². The molecule has 11 heavy (non-hydrogen) atoms. The highest BCUT2D eigenvalue weighted by Gasteiger charge is 1.89. The Bertz CT molecular complexity index is 45.3. The zero-order chi connectivity index (χ0) is 8.57. The molecule has 0 amide bonds. The van der Waals surface area contributed by atoms with Crippen molar-refractivity contribution >= 4 is 0 Å². The minimum absolute atomic E-state index is 0. The van der Waals surface area contributed by atoms with Crippen molar-refractivity contribution in [2.75, 3.05) is 41.3 Å². The van der Waals surface area contributed by atoms with Gasteiger partial charge in [0.05, 0.1) is 0 Å². The first-order chi connectivity index (χ1) is 4.63. The van der Waals surface area contributed by atoms with Crippen molar-refractivity contribution in [3.05, 3.63) is 0 Å². The van der Waals surface area contributed by atoms with Crippen LogP contribution in [0.5, 0.6) is 0 Å². The van der Waals surface area contributed by atoms with Crippen molar-refractivity contribution < 1.29 is 0 Å². The maximum absolute atomic E-state index is 2.18. The number of rotatable bonds is 3. The van der Waals surface area contributed by atoms with E-state index < -0.39 is 0 Å². The van der Waals surface area contributed by atoms with Crippen molar-refractivity contribution in [2.45, 2.75) is 13.8 Å². The largest absolute Gasteiger partial charge is 0.344 e. The molecule has 72 valence electrons. The molecule has 3 nitrogen and oxygen atoms in total. The lowest BCUT2D eigenvalue weighted by Gasteiger charge is -2.13. The van der Waals surface area contributed by atoms with Crippen LogP contribution in [0.1, 0.15) is 13.8 Å². The van der Waals surface area contributed by atoms with Crippen molar-refractivity contribution in [2.24, 2.45) is 0 Å². The average Bonchev–Trinajstić information content (AvgIpc) is 1.89. The molecule has 0 saturated heterocycles. The van der Waals surface area contributed by atoms with Gasteiger partial charge in [-0.15, -0.1) is 0 Å². The van der Waals surface area contributed by atoms with Gasteiger partial charge >= 0.3 is 0 Å². The van der Waals surface area contributed by atoms with Gasteiger partial charge in [0.15, 0.2) is 0 Å². The third-order valence-electron chi connectivity index (χ3n) is 0.994. The Hall–Kier alpha value is -0.120. The molecule has 0 aromatic rings. The van der Waals surface area contributed by atoms with Gasteiger partial charge in [-0.05, 0) is 28.2 Å². The van der Waals surface area contributed by atoms with E-state index in [1.54, 1.807) is 0 Å². The minimum Gasteiger partial charge on any atom is -0.344 e. The zero-order valence-electron chi connectivity index (χ0n) is 9.02. The van der Waals surface area contributed by atoms with E-state index in [1.165, 1.54) is 0 Å². The predicted molar refractivity (Wildman–Crippen MR) is 53.5 cm³/mol. The van der Waals surface area contributed by atoms with Crippen LogP contribution < -0.4 is 6.15 Å². The molecule has 0 aromatic carbocycles. The van der Waals surface area contributed by atoms with Gasteiger partial charge in [-0.1, -0.05) is 13.8 Å². The second-order valence-electron chi connectivity index (χ2n) is 2.61. The van der Waals surface area contributed by atoms with Crippen LogP contribution in [-0.4, -0.2) is 51.1 Å². The summed E-state index contributed by atoms with van der Waals surface area (Å²) in [5.74, 6) is 0. The van der Waals surface area contributed by atoms with Crippen LogP contribution in [0.3, 0.4) is 0 Å². The summed E-state index contributed by atoms with van der Waals surface area (Å²) < 4.78 is 0. The maximum atomic E-state index is 2.18. The standard InChI is InChI=1S/C6H16N2.C2H6.H3N/c1-7(2)5-6-8(3)4;1-2;/h5-6H2,1-4H3;1-2H3;1H3. The first kappa shape index (κ1) is 17.1. The highest BCUT2D eigenvalue weighted by molar-refractivity contribution is 4.45. The van der Waals surface area contributed by atoms with Gasteiger partial charge in [-0.25, -0.2) is 0 Å². The molecule has 0 aromatic heterocycles. The van der Waals surface area contributed by atoms with E-state index in [2.05, 4.69) is 38.0 Å². The lowest BCUT2D eigenvalue weighted by molar-refractivity contribution is 0.320. The minimum atomic E-state index is 0. The molecular weight excluding hydrogens is 138 g/mol. The van der Waals surface area contributed by atoms with E-state index in [4.69, 9.17) is 0 Å². The Morgan fingerprint density at radius 3 is 1.00 bits per heavy atom. The SMILES string of the molecule is CC.CN(C)CCN(C)C.N. The van der Waals surface area contributed by atoms with Gasteiger partial charge in [0, 0.05) is 13.1 Å². The third-order valence-corrected chi connectivity index (χ3v) is 0.994. The van der Waals surface area contributed by atoms with Crippen LogP contribution in [0, 0.1) is 0 Å². The van der Waals surface area contributed by atoms with Crippen LogP contribution in [0.25, 0.3) is 0 Å². The summed E-state index contributed by atoms with van der Waals surface area (Å²) in [7, 11) is 8.35. The Labute approximate surface area is 72.0 Å². The molecule has 3 N–H and O–H groups in total. The van der Waals surface area contributed by atoms with E-state index >= 15 is 0 Å². The molecule has 0 unspecified atom stereocenters. The topological polar surface area (TPSA) is 41.5 Å². The lowest BCUT2D eigenvalue weighted by Crippen LogP contribution is -2.25. The highest BCUT2D eigenvalue weighted by atomic mass is 15.1. The van der Waals surface area contributed by atoms with Crippen molar-refractivity contribution in [3.63, 3.8) is 0 Å². The van der Waals surface area contributed by atoms with Gasteiger partial charge in [-0.2, -0.15) is 0 Å². The maximum Gasteiger partial charge on any atom is 0.0103 e. The van der Waals surface area contributed by atoms with Gasteiger partial charge in [0.2, 0.25) is 0 Å². The van der Waals surface area contributed by atoms with Gasteiger partial charge in [0.25, 0.3) is 0 Å².